The lowest BCUT2D eigenvalue weighted by atomic mass is 10.1. The number of benzene rings is 2. The van der Waals surface area contributed by atoms with Crippen molar-refractivity contribution in [2.45, 2.75) is 13.1 Å². The van der Waals surface area contributed by atoms with Gasteiger partial charge in [-0.2, -0.15) is 5.26 Å². The molecule has 0 bridgehead atoms. The highest BCUT2D eigenvalue weighted by Crippen LogP contribution is 2.31. The lowest BCUT2D eigenvalue weighted by Crippen LogP contribution is -2.49. The highest BCUT2D eigenvalue weighted by Gasteiger charge is 2.21. The van der Waals surface area contributed by atoms with Gasteiger partial charge in [-0.1, -0.05) is 24.3 Å². The summed E-state index contributed by atoms with van der Waals surface area (Å²) in [5.41, 5.74) is 2.81. The number of methoxy groups -OCH3 is 2. The van der Waals surface area contributed by atoms with Crippen LogP contribution in [0.25, 0.3) is 0 Å². The average Bonchev–Trinajstić information content (AvgIpc) is 2.80. The number of rotatable bonds is 8. The monoisotopic (exact) mass is 422 g/mol. The van der Waals surface area contributed by atoms with Gasteiger partial charge in [-0.25, -0.2) is 0 Å². The Bertz CT molecular complexity index is 915. The molecule has 0 unspecified atom stereocenters. The van der Waals surface area contributed by atoms with Crippen LogP contribution >= 0.6 is 0 Å². The molecule has 7 nitrogen and oxygen atoms in total. The average molecular weight is 423 g/mol. The standard InChI is InChI=1S/C24H30N4O3/c1-26(17-21-5-4-6-22(30-2)24(21)31-3)23(29)18-28-13-11-27(12-14-28)16-20-9-7-19(15-25)8-10-20/h4-10H,11-14,16-18H2,1-3H3. The zero-order chi connectivity index (χ0) is 22.2. The van der Waals surface area contributed by atoms with Gasteiger partial charge in [0.15, 0.2) is 11.5 Å². The van der Waals surface area contributed by atoms with Crippen LogP contribution in [0.4, 0.5) is 0 Å². The summed E-state index contributed by atoms with van der Waals surface area (Å²) in [5.74, 6) is 1.42. The Balaban J connectivity index is 1.47. The Morgan fingerprint density at radius 1 is 1.03 bits per heavy atom. The second-order valence-electron chi connectivity index (χ2n) is 7.76. The second kappa shape index (κ2) is 10.8. The van der Waals surface area contributed by atoms with Gasteiger partial charge in [0.25, 0.3) is 0 Å². The number of likely N-dealkylation sites (N-methyl/N-ethyl adjacent to an activating group) is 1. The molecule has 2 aromatic carbocycles. The fourth-order valence-corrected chi connectivity index (χ4v) is 3.78. The van der Waals surface area contributed by atoms with Gasteiger partial charge in [-0.15, -0.1) is 0 Å². The van der Waals surface area contributed by atoms with Gasteiger partial charge in [0.1, 0.15) is 0 Å². The Hall–Kier alpha value is -3.08. The predicted octanol–water partition coefficient (Wildman–Crippen LogP) is 2.35. The number of carbonyl (C=O) groups excluding carboxylic acids is 1. The maximum Gasteiger partial charge on any atom is 0.236 e. The number of nitrogens with zero attached hydrogens (tertiary/aromatic N) is 4. The predicted molar refractivity (Wildman–Crippen MR) is 119 cm³/mol. The van der Waals surface area contributed by atoms with Crippen LogP contribution in [0.2, 0.25) is 0 Å². The maximum absolute atomic E-state index is 12.8. The molecule has 0 aliphatic carbocycles. The minimum absolute atomic E-state index is 0.0883. The molecule has 3 rings (SSSR count). The Kier molecular flexibility index (Phi) is 7.88. The number of para-hydroxylation sites is 1. The molecule has 31 heavy (non-hydrogen) atoms. The summed E-state index contributed by atoms with van der Waals surface area (Å²) in [5, 5.41) is 8.91. The van der Waals surface area contributed by atoms with Crippen molar-refractivity contribution in [3.05, 3.63) is 59.2 Å². The summed E-state index contributed by atoms with van der Waals surface area (Å²) in [6.07, 6.45) is 0. The van der Waals surface area contributed by atoms with Crippen LogP contribution in [0.3, 0.4) is 0 Å². The summed E-state index contributed by atoms with van der Waals surface area (Å²) in [4.78, 5) is 19.1. The third-order valence-electron chi connectivity index (χ3n) is 5.63. The van der Waals surface area contributed by atoms with Crippen molar-refractivity contribution in [3.63, 3.8) is 0 Å². The van der Waals surface area contributed by atoms with Crippen molar-refractivity contribution in [2.75, 3.05) is 54.0 Å². The summed E-state index contributed by atoms with van der Waals surface area (Å²) in [7, 11) is 5.04. The van der Waals surface area contributed by atoms with E-state index in [1.165, 1.54) is 5.56 Å². The van der Waals surface area contributed by atoms with E-state index in [0.717, 1.165) is 38.3 Å². The van der Waals surface area contributed by atoms with Crippen molar-refractivity contribution in [1.29, 1.82) is 5.26 Å². The van der Waals surface area contributed by atoms with E-state index in [9.17, 15) is 4.79 Å². The maximum atomic E-state index is 12.8. The van der Waals surface area contributed by atoms with E-state index < -0.39 is 0 Å². The first-order chi connectivity index (χ1) is 15.0. The first-order valence-corrected chi connectivity index (χ1v) is 10.4. The number of ether oxygens (including phenoxy) is 2. The van der Waals surface area contributed by atoms with Gasteiger partial charge in [0.05, 0.1) is 32.4 Å². The Morgan fingerprint density at radius 3 is 2.32 bits per heavy atom. The molecule has 1 amide bonds. The van der Waals surface area contributed by atoms with Gasteiger partial charge in [-0.05, 0) is 23.8 Å². The Morgan fingerprint density at radius 2 is 1.71 bits per heavy atom. The number of nitriles is 1. The minimum atomic E-state index is 0.0883. The molecule has 1 aliphatic heterocycles. The summed E-state index contributed by atoms with van der Waals surface area (Å²) in [6.45, 7) is 5.30. The highest BCUT2D eigenvalue weighted by molar-refractivity contribution is 5.78. The van der Waals surface area contributed by atoms with Gasteiger partial charge in [-0.3, -0.25) is 14.6 Å². The van der Waals surface area contributed by atoms with E-state index in [2.05, 4.69) is 15.9 Å². The van der Waals surface area contributed by atoms with Crippen molar-refractivity contribution in [3.8, 4) is 17.6 Å². The van der Waals surface area contributed by atoms with E-state index in [4.69, 9.17) is 14.7 Å². The molecular formula is C24H30N4O3. The zero-order valence-electron chi connectivity index (χ0n) is 18.5. The lowest BCUT2D eigenvalue weighted by Gasteiger charge is -2.35. The van der Waals surface area contributed by atoms with Gasteiger partial charge in [0, 0.05) is 51.9 Å². The first kappa shape index (κ1) is 22.6. The third-order valence-corrected chi connectivity index (χ3v) is 5.63. The number of hydrogen-bond donors (Lipinski definition) is 0. The molecule has 0 saturated carbocycles. The largest absolute Gasteiger partial charge is 0.493 e. The molecule has 1 aliphatic rings. The molecule has 0 radical (unpaired) electrons. The van der Waals surface area contributed by atoms with Crippen molar-refractivity contribution < 1.29 is 14.3 Å². The molecule has 0 spiro atoms. The van der Waals surface area contributed by atoms with Gasteiger partial charge >= 0.3 is 0 Å². The fraction of sp³-hybridized carbons (Fsp3) is 0.417. The van der Waals surface area contributed by atoms with Crippen LogP contribution in [0.1, 0.15) is 16.7 Å². The van der Waals surface area contributed by atoms with Gasteiger partial charge < -0.3 is 14.4 Å². The molecule has 2 aromatic rings. The quantitative estimate of drug-likeness (QED) is 0.651. The number of hydrogen-bond acceptors (Lipinski definition) is 6. The smallest absolute Gasteiger partial charge is 0.236 e. The van der Waals surface area contributed by atoms with Crippen molar-refractivity contribution in [1.82, 2.24) is 14.7 Å². The number of carbonyl (C=O) groups is 1. The fourth-order valence-electron chi connectivity index (χ4n) is 3.78. The van der Waals surface area contributed by atoms with E-state index in [-0.39, 0.29) is 5.91 Å². The first-order valence-electron chi connectivity index (χ1n) is 10.4. The van der Waals surface area contributed by atoms with E-state index in [0.29, 0.717) is 30.2 Å². The summed E-state index contributed by atoms with van der Waals surface area (Å²) in [6, 6.07) is 15.6. The zero-order valence-corrected chi connectivity index (χ0v) is 18.5. The number of amides is 1. The van der Waals surface area contributed by atoms with Crippen molar-refractivity contribution in [2.24, 2.45) is 0 Å². The van der Waals surface area contributed by atoms with Crippen LogP contribution in [-0.4, -0.2) is 74.6 Å². The van der Waals surface area contributed by atoms with Gasteiger partial charge in [0.2, 0.25) is 5.91 Å². The van der Waals surface area contributed by atoms with Crippen molar-refractivity contribution >= 4 is 5.91 Å². The molecule has 164 valence electrons. The van der Waals surface area contributed by atoms with Crippen LogP contribution in [0.15, 0.2) is 42.5 Å². The SMILES string of the molecule is COc1cccc(CN(C)C(=O)CN2CCN(Cc3ccc(C#N)cc3)CC2)c1OC. The van der Waals surface area contributed by atoms with E-state index in [1.807, 2.05) is 49.5 Å². The minimum Gasteiger partial charge on any atom is -0.493 e. The third kappa shape index (κ3) is 5.97. The second-order valence-corrected chi connectivity index (χ2v) is 7.76. The Labute approximate surface area is 184 Å². The molecule has 1 heterocycles. The molecule has 0 atom stereocenters. The number of piperazine rings is 1. The molecule has 7 heteroatoms. The lowest BCUT2D eigenvalue weighted by molar-refractivity contribution is -0.132. The normalized spacial score (nSPS) is 14.6. The van der Waals surface area contributed by atoms with E-state index >= 15 is 0 Å². The van der Waals surface area contributed by atoms with Crippen LogP contribution < -0.4 is 9.47 Å². The van der Waals surface area contributed by atoms with Crippen LogP contribution in [-0.2, 0) is 17.9 Å². The summed E-state index contributed by atoms with van der Waals surface area (Å²) >= 11 is 0. The topological polar surface area (TPSA) is 69.0 Å². The summed E-state index contributed by atoms with van der Waals surface area (Å²) < 4.78 is 10.8. The molecule has 1 fully saturated rings. The molecule has 0 N–H and O–H groups in total. The molecular weight excluding hydrogens is 392 g/mol. The highest BCUT2D eigenvalue weighted by atomic mass is 16.5. The molecule has 1 saturated heterocycles. The van der Waals surface area contributed by atoms with Crippen LogP contribution in [0.5, 0.6) is 11.5 Å². The molecule has 0 aromatic heterocycles. The van der Waals surface area contributed by atoms with Crippen LogP contribution in [0, 0.1) is 11.3 Å². The van der Waals surface area contributed by atoms with E-state index in [1.54, 1.807) is 19.1 Å².